The Morgan fingerprint density at radius 2 is 2.13 bits per heavy atom. The summed E-state index contributed by atoms with van der Waals surface area (Å²) >= 11 is 6.19. The first-order chi connectivity index (χ1) is 10.8. The Hall–Kier alpha value is -1.07. The standard InChI is InChI=1S/C17H29ClN4O/c1-12(9-22-14(3)16(18)13(2)19-22)17(23)21-8-6-7-15(11-21)10-20(4)5/h12,15H,6-11H2,1-5H3/t12-,15-/m0/s1. The Morgan fingerprint density at radius 1 is 1.43 bits per heavy atom. The third-order valence-electron chi connectivity index (χ3n) is 4.62. The molecule has 2 atom stereocenters. The SMILES string of the molecule is Cc1nn(C[C@H](C)C(=O)N2CCC[C@@H](CN(C)C)C2)c(C)c1Cl. The summed E-state index contributed by atoms with van der Waals surface area (Å²) in [6.45, 7) is 9.23. The average Bonchev–Trinajstić information content (AvgIpc) is 2.73. The number of amides is 1. The van der Waals surface area contributed by atoms with E-state index in [-0.39, 0.29) is 11.8 Å². The summed E-state index contributed by atoms with van der Waals surface area (Å²) < 4.78 is 1.86. The summed E-state index contributed by atoms with van der Waals surface area (Å²) in [5.74, 6) is 0.734. The lowest BCUT2D eigenvalue weighted by atomic mass is 9.96. The number of carbonyl (C=O) groups is 1. The second-order valence-electron chi connectivity index (χ2n) is 7.12. The van der Waals surface area contributed by atoms with E-state index in [0.29, 0.717) is 17.5 Å². The first-order valence-electron chi connectivity index (χ1n) is 8.42. The molecule has 0 spiro atoms. The number of rotatable bonds is 5. The van der Waals surface area contributed by atoms with Crippen molar-refractivity contribution < 1.29 is 4.79 Å². The van der Waals surface area contributed by atoms with Crippen molar-refractivity contribution in [2.45, 2.75) is 40.2 Å². The Kier molecular flexibility index (Phi) is 6.09. The predicted molar refractivity (Wildman–Crippen MR) is 93.7 cm³/mol. The fraction of sp³-hybridized carbons (Fsp3) is 0.765. The van der Waals surface area contributed by atoms with Crippen molar-refractivity contribution in [2.24, 2.45) is 11.8 Å². The quantitative estimate of drug-likeness (QED) is 0.827. The summed E-state index contributed by atoms with van der Waals surface area (Å²) in [5.41, 5.74) is 1.76. The van der Waals surface area contributed by atoms with Gasteiger partial charge in [0.15, 0.2) is 0 Å². The van der Waals surface area contributed by atoms with E-state index in [2.05, 4.69) is 24.1 Å². The number of hydrogen-bond donors (Lipinski definition) is 0. The number of hydrogen-bond acceptors (Lipinski definition) is 3. The maximum absolute atomic E-state index is 12.8. The Labute approximate surface area is 144 Å². The van der Waals surface area contributed by atoms with Crippen LogP contribution in [0.3, 0.4) is 0 Å². The van der Waals surface area contributed by atoms with Crippen LogP contribution in [0.15, 0.2) is 0 Å². The molecule has 0 aliphatic carbocycles. The number of carbonyl (C=O) groups excluding carboxylic acids is 1. The molecule has 23 heavy (non-hydrogen) atoms. The highest BCUT2D eigenvalue weighted by molar-refractivity contribution is 6.31. The minimum Gasteiger partial charge on any atom is -0.342 e. The van der Waals surface area contributed by atoms with E-state index in [1.807, 2.05) is 30.4 Å². The van der Waals surface area contributed by atoms with Gasteiger partial charge in [-0.3, -0.25) is 9.48 Å². The van der Waals surface area contributed by atoms with Crippen molar-refractivity contribution in [3.8, 4) is 0 Å². The first kappa shape index (κ1) is 18.3. The molecule has 0 aromatic carbocycles. The zero-order valence-corrected chi connectivity index (χ0v) is 15.7. The van der Waals surface area contributed by atoms with Crippen LogP contribution in [0.25, 0.3) is 0 Å². The van der Waals surface area contributed by atoms with Crippen molar-refractivity contribution in [2.75, 3.05) is 33.7 Å². The van der Waals surface area contributed by atoms with Crippen molar-refractivity contribution in [3.63, 3.8) is 0 Å². The Balaban J connectivity index is 1.97. The lowest BCUT2D eigenvalue weighted by Gasteiger charge is -2.35. The van der Waals surface area contributed by atoms with Gasteiger partial charge in [-0.1, -0.05) is 18.5 Å². The van der Waals surface area contributed by atoms with Gasteiger partial charge in [-0.2, -0.15) is 5.10 Å². The van der Waals surface area contributed by atoms with Crippen LogP contribution in [0.4, 0.5) is 0 Å². The zero-order valence-electron chi connectivity index (χ0n) is 15.0. The number of likely N-dealkylation sites (tertiary alicyclic amines) is 1. The molecule has 0 bridgehead atoms. The third kappa shape index (κ3) is 4.48. The van der Waals surface area contributed by atoms with Gasteiger partial charge in [-0.05, 0) is 46.7 Å². The smallest absolute Gasteiger partial charge is 0.227 e. The van der Waals surface area contributed by atoms with Gasteiger partial charge in [-0.15, -0.1) is 0 Å². The van der Waals surface area contributed by atoms with Crippen LogP contribution in [0.5, 0.6) is 0 Å². The maximum atomic E-state index is 12.8. The molecule has 1 aliphatic heterocycles. The molecule has 0 radical (unpaired) electrons. The summed E-state index contributed by atoms with van der Waals surface area (Å²) in [6.07, 6.45) is 2.31. The van der Waals surface area contributed by atoms with E-state index < -0.39 is 0 Å². The normalized spacial score (nSPS) is 20.1. The second kappa shape index (κ2) is 7.67. The first-order valence-corrected chi connectivity index (χ1v) is 8.80. The summed E-state index contributed by atoms with van der Waals surface area (Å²) in [7, 11) is 4.19. The maximum Gasteiger partial charge on any atom is 0.227 e. The molecular formula is C17H29ClN4O. The number of nitrogens with zero attached hydrogens (tertiary/aromatic N) is 4. The lowest BCUT2D eigenvalue weighted by Crippen LogP contribution is -2.45. The van der Waals surface area contributed by atoms with Gasteiger partial charge >= 0.3 is 0 Å². The van der Waals surface area contributed by atoms with Crippen LogP contribution in [-0.4, -0.2) is 59.2 Å². The van der Waals surface area contributed by atoms with E-state index in [4.69, 9.17) is 11.6 Å². The van der Waals surface area contributed by atoms with Gasteiger partial charge in [0.2, 0.25) is 5.91 Å². The fourth-order valence-electron chi connectivity index (χ4n) is 3.43. The number of halogens is 1. The second-order valence-corrected chi connectivity index (χ2v) is 7.50. The molecule has 0 N–H and O–H groups in total. The molecule has 2 rings (SSSR count). The molecule has 1 amide bonds. The minimum atomic E-state index is -0.0813. The molecule has 6 heteroatoms. The van der Waals surface area contributed by atoms with Crippen molar-refractivity contribution in [1.29, 1.82) is 0 Å². The van der Waals surface area contributed by atoms with Crippen molar-refractivity contribution in [3.05, 3.63) is 16.4 Å². The molecule has 2 heterocycles. The van der Waals surface area contributed by atoms with Gasteiger partial charge in [-0.25, -0.2) is 0 Å². The molecular weight excluding hydrogens is 312 g/mol. The summed E-state index contributed by atoms with van der Waals surface area (Å²) in [5, 5.41) is 5.14. The van der Waals surface area contributed by atoms with E-state index >= 15 is 0 Å². The third-order valence-corrected chi connectivity index (χ3v) is 5.16. The number of piperidine rings is 1. The molecule has 1 saturated heterocycles. The number of aromatic nitrogens is 2. The molecule has 0 saturated carbocycles. The van der Waals surface area contributed by atoms with Gasteiger partial charge in [0.25, 0.3) is 0 Å². The fourth-order valence-corrected chi connectivity index (χ4v) is 3.57. The number of aryl methyl sites for hydroxylation is 1. The molecule has 1 fully saturated rings. The largest absolute Gasteiger partial charge is 0.342 e. The zero-order chi connectivity index (χ0) is 17.1. The van der Waals surface area contributed by atoms with Crippen LogP contribution in [0.1, 0.15) is 31.2 Å². The van der Waals surface area contributed by atoms with Crippen LogP contribution >= 0.6 is 11.6 Å². The predicted octanol–water partition coefficient (Wildman–Crippen LogP) is 2.59. The molecule has 1 aromatic rings. The summed E-state index contributed by atoms with van der Waals surface area (Å²) in [6, 6.07) is 0. The van der Waals surface area contributed by atoms with Crippen LogP contribution < -0.4 is 0 Å². The molecule has 0 unspecified atom stereocenters. The molecule has 1 aromatic heterocycles. The van der Waals surface area contributed by atoms with Crippen LogP contribution in [0, 0.1) is 25.7 Å². The Bertz CT molecular complexity index is 555. The molecule has 1 aliphatic rings. The minimum absolute atomic E-state index is 0.0813. The molecule has 5 nitrogen and oxygen atoms in total. The van der Waals surface area contributed by atoms with Gasteiger partial charge in [0.1, 0.15) is 0 Å². The molecule has 130 valence electrons. The highest BCUT2D eigenvalue weighted by Gasteiger charge is 2.27. The highest BCUT2D eigenvalue weighted by atomic mass is 35.5. The van der Waals surface area contributed by atoms with Gasteiger partial charge in [0.05, 0.1) is 28.9 Å². The van der Waals surface area contributed by atoms with E-state index in [1.165, 1.54) is 6.42 Å². The highest BCUT2D eigenvalue weighted by Crippen LogP contribution is 2.22. The van der Waals surface area contributed by atoms with E-state index in [1.54, 1.807) is 0 Å². The lowest BCUT2D eigenvalue weighted by molar-refractivity contribution is -0.137. The van der Waals surface area contributed by atoms with Gasteiger partial charge in [0, 0.05) is 19.6 Å². The topological polar surface area (TPSA) is 41.4 Å². The van der Waals surface area contributed by atoms with E-state index in [0.717, 1.165) is 37.4 Å². The average molecular weight is 341 g/mol. The van der Waals surface area contributed by atoms with Gasteiger partial charge < -0.3 is 9.80 Å². The van der Waals surface area contributed by atoms with Crippen molar-refractivity contribution in [1.82, 2.24) is 19.6 Å². The monoisotopic (exact) mass is 340 g/mol. The van der Waals surface area contributed by atoms with Crippen molar-refractivity contribution >= 4 is 17.5 Å². The van der Waals surface area contributed by atoms with Crippen LogP contribution in [0.2, 0.25) is 5.02 Å². The Morgan fingerprint density at radius 3 is 2.70 bits per heavy atom. The van der Waals surface area contributed by atoms with E-state index in [9.17, 15) is 4.79 Å². The summed E-state index contributed by atoms with van der Waals surface area (Å²) in [4.78, 5) is 17.0. The van der Waals surface area contributed by atoms with Crippen LogP contribution in [-0.2, 0) is 11.3 Å².